The molecule has 0 aromatic carbocycles. The first-order valence-corrected chi connectivity index (χ1v) is 5.13. The minimum Gasteiger partial charge on any atom is -0.383 e. The van der Waals surface area contributed by atoms with Crippen LogP contribution in [0.4, 0.5) is 0 Å². The van der Waals surface area contributed by atoms with Crippen LogP contribution < -0.4 is 0 Å². The van der Waals surface area contributed by atoms with Gasteiger partial charge in [0, 0.05) is 26.0 Å². The molecule has 1 heterocycles. The fraction of sp³-hybridized carbons (Fsp3) is 1.00. The summed E-state index contributed by atoms with van der Waals surface area (Å²) in [5, 5.41) is 0. The molecule has 0 N–H and O–H groups in total. The average Bonchev–Trinajstić information content (AvgIpc) is 1.99. The van der Waals surface area contributed by atoms with Gasteiger partial charge in [-0.05, 0) is 12.8 Å². The molecular weight excluding hydrogens is 162 g/mol. The highest BCUT2D eigenvalue weighted by atomic mass is 32.2. The number of rotatable bonds is 2. The lowest BCUT2D eigenvalue weighted by atomic mass is 10.2. The third kappa shape index (κ3) is 2.25. The Kier molecular flexibility index (Phi) is 3.48. The average molecular weight is 177 g/mol. The van der Waals surface area contributed by atoms with Crippen molar-refractivity contribution in [2.45, 2.75) is 18.9 Å². The van der Waals surface area contributed by atoms with Gasteiger partial charge < -0.3 is 4.74 Å². The third-order valence-electron chi connectivity index (χ3n) is 2.05. The van der Waals surface area contributed by atoms with E-state index >= 15 is 0 Å². The molecule has 0 spiro atoms. The summed E-state index contributed by atoms with van der Waals surface area (Å²) in [7, 11) is 2.82. The Bertz CT molecular complexity index is 149. The molecule has 4 heteroatoms. The zero-order chi connectivity index (χ0) is 8.27. The number of hydrogen-bond donors (Lipinski definition) is 0. The van der Waals surface area contributed by atoms with Crippen molar-refractivity contribution in [3.8, 4) is 0 Å². The number of ether oxygens (including phenoxy) is 1. The summed E-state index contributed by atoms with van der Waals surface area (Å²) in [4.78, 5) is 0. The van der Waals surface area contributed by atoms with E-state index in [4.69, 9.17) is 4.74 Å². The van der Waals surface area contributed by atoms with Crippen molar-refractivity contribution in [1.29, 1.82) is 0 Å². The second kappa shape index (κ2) is 4.18. The van der Waals surface area contributed by atoms with Gasteiger partial charge in [0.2, 0.25) is 0 Å². The smallest absolute Gasteiger partial charge is 0.0943 e. The molecule has 2 atom stereocenters. The Labute approximate surface area is 70.3 Å². The van der Waals surface area contributed by atoms with E-state index in [-0.39, 0.29) is 0 Å². The van der Waals surface area contributed by atoms with Crippen LogP contribution in [0, 0.1) is 0 Å². The number of methoxy groups -OCH3 is 1. The lowest BCUT2D eigenvalue weighted by Crippen LogP contribution is -2.41. The van der Waals surface area contributed by atoms with E-state index in [1.54, 1.807) is 7.11 Å². The molecule has 1 rings (SSSR count). The Morgan fingerprint density at radius 2 is 2.45 bits per heavy atom. The summed E-state index contributed by atoms with van der Waals surface area (Å²) in [5.41, 5.74) is 0. The Balaban J connectivity index is 2.44. The van der Waals surface area contributed by atoms with Gasteiger partial charge in [0.1, 0.15) is 0 Å². The topological polar surface area (TPSA) is 29.5 Å². The van der Waals surface area contributed by atoms with Crippen molar-refractivity contribution < 1.29 is 8.95 Å². The van der Waals surface area contributed by atoms with Gasteiger partial charge in [-0.25, -0.2) is 8.51 Å². The quantitative estimate of drug-likeness (QED) is 0.610. The number of nitrogens with zero attached hydrogens (tertiary/aromatic N) is 1. The van der Waals surface area contributed by atoms with Crippen LogP contribution in [0.5, 0.6) is 0 Å². The lowest BCUT2D eigenvalue weighted by Gasteiger charge is -2.30. The molecule has 0 radical (unpaired) electrons. The first kappa shape index (κ1) is 9.16. The minimum absolute atomic E-state index is 0.356. The molecule has 0 bridgehead atoms. The monoisotopic (exact) mass is 177 g/mol. The van der Waals surface area contributed by atoms with E-state index in [2.05, 4.69) is 0 Å². The van der Waals surface area contributed by atoms with Crippen LogP contribution in [-0.2, 0) is 15.7 Å². The van der Waals surface area contributed by atoms with Gasteiger partial charge in [0.05, 0.1) is 17.6 Å². The van der Waals surface area contributed by atoms with E-state index in [0.717, 1.165) is 18.6 Å². The second-order valence-electron chi connectivity index (χ2n) is 2.82. The van der Waals surface area contributed by atoms with Crippen molar-refractivity contribution in [3.63, 3.8) is 0 Å². The van der Waals surface area contributed by atoms with Gasteiger partial charge in [0.25, 0.3) is 0 Å². The van der Waals surface area contributed by atoms with Crippen molar-refractivity contribution >= 4 is 11.0 Å². The summed E-state index contributed by atoms with van der Waals surface area (Å²) < 4.78 is 18.2. The Hall–Kier alpha value is 0.0700. The number of hydrogen-bond acceptors (Lipinski definition) is 2. The summed E-state index contributed by atoms with van der Waals surface area (Å²) >= 11 is 0. The van der Waals surface area contributed by atoms with Crippen LogP contribution in [0.25, 0.3) is 0 Å². The standard InChI is InChI=1S/C7H15NO2S/c1-8-7(6-10-2)4-3-5-11(8)9/h7H,3-6H2,1-2H3. The van der Waals surface area contributed by atoms with Crippen LogP contribution >= 0.6 is 0 Å². The molecule has 1 aliphatic heterocycles. The largest absolute Gasteiger partial charge is 0.383 e. The SMILES string of the molecule is COCC1CCCS(=O)N1C. The molecule has 0 saturated carbocycles. The first-order valence-electron chi connectivity index (χ1n) is 3.86. The van der Waals surface area contributed by atoms with E-state index in [9.17, 15) is 4.21 Å². The van der Waals surface area contributed by atoms with Crippen molar-refractivity contribution in [3.05, 3.63) is 0 Å². The predicted molar refractivity (Wildman–Crippen MR) is 45.7 cm³/mol. The van der Waals surface area contributed by atoms with Crippen LogP contribution in [0.15, 0.2) is 0 Å². The van der Waals surface area contributed by atoms with Crippen molar-refractivity contribution in [2.24, 2.45) is 0 Å². The maximum absolute atomic E-state index is 11.3. The van der Waals surface area contributed by atoms with E-state index in [1.807, 2.05) is 11.4 Å². The molecule has 0 aliphatic carbocycles. The number of likely N-dealkylation sites (N-methyl/N-ethyl adjacent to an activating group) is 1. The summed E-state index contributed by atoms with van der Waals surface area (Å²) in [6.07, 6.45) is 2.17. The lowest BCUT2D eigenvalue weighted by molar-refractivity contribution is 0.135. The molecular formula is C7H15NO2S. The minimum atomic E-state index is -0.763. The van der Waals surface area contributed by atoms with Gasteiger partial charge in [0.15, 0.2) is 0 Å². The molecule has 11 heavy (non-hydrogen) atoms. The van der Waals surface area contributed by atoms with E-state index in [0.29, 0.717) is 12.6 Å². The van der Waals surface area contributed by atoms with E-state index < -0.39 is 11.0 Å². The first-order chi connectivity index (χ1) is 5.25. The second-order valence-corrected chi connectivity index (χ2v) is 4.45. The predicted octanol–water partition coefficient (Wildman–Crippen LogP) is 0.391. The highest BCUT2D eigenvalue weighted by Gasteiger charge is 2.23. The molecule has 1 aliphatic rings. The van der Waals surface area contributed by atoms with Crippen LogP contribution in [0.3, 0.4) is 0 Å². The fourth-order valence-corrected chi connectivity index (χ4v) is 2.52. The Morgan fingerprint density at radius 3 is 3.09 bits per heavy atom. The zero-order valence-electron chi connectivity index (χ0n) is 7.08. The molecule has 1 fully saturated rings. The van der Waals surface area contributed by atoms with Crippen molar-refractivity contribution in [2.75, 3.05) is 26.5 Å². The fourth-order valence-electron chi connectivity index (χ4n) is 1.32. The summed E-state index contributed by atoms with van der Waals surface area (Å²) in [6, 6.07) is 0.356. The van der Waals surface area contributed by atoms with Crippen molar-refractivity contribution in [1.82, 2.24) is 4.31 Å². The molecule has 0 aromatic rings. The molecule has 0 aromatic heterocycles. The zero-order valence-corrected chi connectivity index (χ0v) is 7.89. The molecule has 0 amide bonds. The van der Waals surface area contributed by atoms with Gasteiger partial charge >= 0.3 is 0 Å². The summed E-state index contributed by atoms with van der Waals surface area (Å²) in [5.74, 6) is 0.816. The van der Waals surface area contributed by atoms with Gasteiger partial charge in [-0.3, -0.25) is 0 Å². The van der Waals surface area contributed by atoms with Crippen LogP contribution in [0.1, 0.15) is 12.8 Å². The highest BCUT2D eigenvalue weighted by molar-refractivity contribution is 7.82. The van der Waals surface area contributed by atoms with E-state index in [1.165, 1.54) is 0 Å². The van der Waals surface area contributed by atoms with Crippen LogP contribution in [0.2, 0.25) is 0 Å². The highest BCUT2D eigenvalue weighted by Crippen LogP contribution is 2.15. The Morgan fingerprint density at radius 1 is 1.73 bits per heavy atom. The van der Waals surface area contributed by atoms with Gasteiger partial charge in [-0.15, -0.1) is 0 Å². The molecule has 1 saturated heterocycles. The van der Waals surface area contributed by atoms with Gasteiger partial charge in [-0.2, -0.15) is 0 Å². The molecule has 2 unspecified atom stereocenters. The molecule has 3 nitrogen and oxygen atoms in total. The van der Waals surface area contributed by atoms with Gasteiger partial charge in [-0.1, -0.05) is 0 Å². The summed E-state index contributed by atoms with van der Waals surface area (Å²) in [6.45, 7) is 0.697. The third-order valence-corrected chi connectivity index (χ3v) is 3.63. The van der Waals surface area contributed by atoms with Crippen LogP contribution in [-0.4, -0.2) is 41.1 Å². The maximum atomic E-state index is 11.3. The maximum Gasteiger partial charge on any atom is 0.0943 e. The normalized spacial score (nSPS) is 34.0. The molecule has 66 valence electrons.